The molecule has 1 aliphatic rings. The van der Waals surface area contributed by atoms with E-state index in [0.29, 0.717) is 12.2 Å². The van der Waals surface area contributed by atoms with Crippen molar-refractivity contribution in [1.29, 1.82) is 0 Å². The van der Waals surface area contributed by atoms with Gasteiger partial charge < -0.3 is 9.84 Å². The number of para-hydroxylation sites is 1. The van der Waals surface area contributed by atoms with E-state index in [1.807, 2.05) is 18.2 Å². The molecule has 0 amide bonds. The van der Waals surface area contributed by atoms with Gasteiger partial charge in [0.15, 0.2) is 0 Å². The molecular weight excluding hydrogens is 223 g/mol. The molecule has 92 valence electrons. The number of rotatable bonds is 4. The third kappa shape index (κ3) is 2.96. The third-order valence-electron chi connectivity index (χ3n) is 3.14. The second-order valence-corrected chi connectivity index (χ2v) is 4.53. The van der Waals surface area contributed by atoms with E-state index >= 15 is 0 Å². The Hall–Kier alpha value is -1.58. The van der Waals surface area contributed by atoms with Crippen LogP contribution in [0, 0.1) is 5.92 Å². The first kappa shape index (κ1) is 11.9. The number of carbonyl (C=O) groups is 1. The van der Waals surface area contributed by atoms with Gasteiger partial charge in [0.1, 0.15) is 18.0 Å². The van der Waals surface area contributed by atoms with Crippen molar-refractivity contribution < 1.29 is 19.0 Å². The molecule has 17 heavy (non-hydrogen) atoms. The van der Waals surface area contributed by atoms with Crippen LogP contribution in [0.25, 0.3) is 0 Å². The van der Waals surface area contributed by atoms with Gasteiger partial charge >= 0.3 is 5.97 Å². The minimum absolute atomic E-state index is 0.0508. The number of alkyl halides is 1. The minimum Gasteiger partial charge on any atom is -0.490 e. The fourth-order valence-electron chi connectivity index (χ4n) is 2.15. The summed E-state index contributed by atoms with van der Waals surface area (Å²) >= 11 is 0. The SMILES string of the molecule is O=C(O)C1CCC(F)(COc2ccccc2)C1. The molecule has 0 radical (unpaired) electrons. The highest BCUT2D eigenvalue weighted by Crippen LogP contribution is 2.38. The minimum atomic E-state index is -1.50. The van der Waals surface area contributed by atoms with Crippen LogP contribution in [0.15, 0.2) is 30.3 Å². The Morgan fingerprint density at radius 2 is 2.18 bits per heavy atom. The van der Waals surface area contributed by atoms with Gasteiger partial charge in [-0.2, -0.15) is 0 Å². The number of benzene rings is 1. The van der Waals surface area contributed by atoms with E-state index in [2.05, 4.69) is 0 Å². The maximum absolute atomic E-state index is 14.2. The molecule has 3 nitrogen and oxygen atoms in total. The Balaban J connectivity index is 1.89. The van der Waals surface area contributed by atoms with E-state index in [-0.39, 0.29) is 19.4 Å². The van der Waals surface area contributed by atoms with Crippen molar-refractivity contribution >= 4 is 5.97 Å². The van der Waals surface area contributed by atoms with Gasteiger partial charge in [-0.1, -0.05) is 18.2 Å². The quantitative estimate of drug-likeness (QED) is 0.877. The molecule has 0 bridgehead atoms. The molecule has 0 saturated heterocycles. The molecule has 0 aliphatic heterocycles. The molecule has 1 saturated carbocycles. The largest absolute Gasteiger partial charge is 0.490 e. The van der Waals surface area contributed by atoms with E-state index < -0.39 is 17.6 Å². The van der Waals surface area contributed by atoms with Crippen molar-refractivity contribution in [1.82, 2.24) is 0 Å². The molecule has 1 aliphatic carbocycles. The van der Waals surface area contributed by atoms with Gasteiger partial charge in [0.05, 0.1) is 5.92 Å². The van der Waals surface area contributed by atoms with Gasteiger partial charge in [-0.05, 0) is 31.4 Å². The fourth-order valence-corrected chi connectivity index (χ4v) is 2.15. The number of halogens is 1. The highest BCUT2D eigenvalue weighted by molar-refractivity contribution is 5.70. The van der Waals surface area contributed by atoms with Crippen LogP contribution in [-0.2, 0) is 4.79 Å². The molecule has 2 atom stereocenters. The summed E-state index contributed by atoms with van der Waals surface area (Å²) in [6, 6.07) is 9.00. The molecule has 0 heterocycles. The second-order valence-electron chi connectivity index (χ2n) is 4.53. The number of carboxylic acids is 1. The summed E-state index contributed by atoms with van der Waals surface area (Å²) in [5.41, 5.74) is -1.50. The summed E-state index contributed by atoms with van der Waals surface area (Å²) in [5, 5.41) is 8.82. The number of aliphatic carboxylic acids is 1. The van der Waals surface area contributed by atoms with Crippen LogP contribution in [0.5, 0.6) is 5.75 Å². The Labute approximate surface area is 99.2 Å². The van der Waals surface area contributed by atoms with Gasteiger partial charge in [-0.15, -0.1) is 0 Å². The van der Waals surface area contributed by atoms with Crippen LogP contribution < -0.4 is 4.74 Å². The van der Waals surface area contributed by atoms with Gasteiger partial charge in [0.2, 0.25) is 0 Å². The first-order valence-corrected chi connectivity index (χ1v) is 5.69. The van der Waals surface area contributed by atoms with Gasteiger partial charge in [0.25, 0.3) is 0 Å². The zero-order chi connectivity index (χ0) is 12.3. The Morgan fingerprint density at radius 3 is 2.76 bits per heavy atom. The molecule has 1 aromatic carbocycles. The van der Waals surface area contributed by atoms with E-state index in [1.165, 1.54) is 0 Å². The van der Waals surface area contributed by atoms with Gasteiger partial charge in [0, 0.05) is 0 Å². The first-order chi connectivity index (χ1) is 8.09. The van der Waals surface area contributed by atoms with E-state index in [4.69, 9.17) is 9.84 Å². The maximum Gasteiger partial charge on any atom is 0.306 e. The van der Waals surface area contributed by atoms with Crippen LogP contribution in [0.1, 0.15) is 19.3 Å². The lowest BCUT2D eigenvalue weighted by Gasteiger charge is -2.19. The molecule has 2 unspecified atom stereocenters. The summed E-state index contributed by atoms with van der Waals surface area (Å²) in [5.74, 6) is -0.869. The first-order valence-electron chi connectivity index (χ1n) is 5.69. The maximum atomic E-state index is 14.2. The van der Waals surface area contributed by atoms with Gasteiger partial charge in [-0.25, -0.2) is 4.39 Å². The van der Waals surface area contributed by atoms with Crippen LogP contribution in [0.3, 0.4) is 0 Å². The van der Waals surface area contributed by atoms with Crippen molar-refractivity contribution in [2.45, 2.75) is 24.9 Å². The predicted molar refractivity (Wildman–Crippen MR) is 60.8 cm³/mol. The lowest BCUT2D eigenvalue weighted by molar-refractivity contribution is -0.141. The average Bonchev–Trinajstić information content (AvgIpc) is 2.72. The van der Waals surface area contributed by atoms with E-state index in [9.17, 15) is 9.18 Å². The molecule has 1 fully saturated rings. The number of hydrogen-bond donors (Lipinski definition) is 1. The predicted octanol–water partition coefficient (Wildman–Crippen LogP) is 2.66. The van der Waals surface area contributed by atoms with Crippen molar-refractivity contribution in [3.8, 4) is 5.75 Å². The zero-order valence-corrected chi connectivity index (χ0v) is 9.43. The second kappa shape index (κ2) is 4.73. The smallest absolute Gasteiger partial charge is 0.306 e. The summed E-state index contributed by atoms with van der Waals surface area (Å²) < 4.78 is 19.6. The Kier molecular flexibility index (Phi) is 3.31. The topological polar surface area (TPSA) is 46.5 Å². The van der Waals surface area contributed by atoms with Crippen LogP contribution in [-0.4, -0.2) is 23.4 Å². The number of hydrogen-bond acceptors (Lipinski definition) is 2. The average molecular weight is 238 g/mol. The molecule has 0 spiro atoms. The molecule has 4 heteroatoms. The number of carboxylic acid groups (broad SMARTS) is 1. The zero-order valence-electron chi connectivity index (χ0n) is 9.43. The summed E-state index contributed by atoms with van der Waals surface area (Å²) in [6.07, 6.45) is 0.704. The Morgan fingerprint density at radius 1 is 1.47 bits per heavy atom. The number of ether oxygens (including phenoxy) is 1. The summed E-state index contributed by atoms with van der Waals surface area (Å²) in [4.78, 5) is 10.8. The lowest BCUT2D eigenvalue weighted by atomic mass is 10.0. The summed E-state index contributed by atoms with van der Waals surface area (Å²) in [7, 11) is 0. The molecule has 1 N–H and O–H groups in total. The molecular formula is C13H15FO3. The molecule has 0 aromatic heterocycles. The van der Waals surface area contributed by atoms with E-state index in [1.54, 1.807) is 12.1 Å². The third-order valence-corrected chi connectivity index (χ3v) is 3.14. The standard InChI is InChI=1S/C13H15FO3/c14-13(7-6-10(8-13)12(15)16)9-17-11-4-2-1-3-5-11/h1-5,10H,6-9H2,(H,15,16). The van der Waals surface area contributed by atoms with Crippen molar-refractivity contribution in [3.63, 3.8) is 0 Å². The lowest BCUT2D eigenvalue weighted by Crippen LogP contribution is -2.28. The van der Waals surface area contributed by atoms with Crippen molar-refractivity contribution in [2.24, 2.45) is 5.92 Å². The van der Waals surface area contributed by atoms with Crippen LogP contribution in [0.2, 0.25) is 0 Å². The summed E-state index contributed by atoms with van der Waals surface area (Å²) in [6.45, 7) is -0.0687. The van der Waals surface area contributed by atoms with Crippen molar-refractivity contribution in [3.05, 3.63) is 30.3 Å². The van der Waals surface area contributed by atoms with Crippen molar-refractivity contribution in [2.75, 3.05) is 6.61 Å². The Bertz CT molecular complexity index is 393. The molecule has 2 rings (SSSR count). The van der Waals surface area contributed by atoms with Crippen LogP contribution in [0.4, 0.5) is 4.39 Å². The highest BCUT2D eigenvalue weighted by Gasteiger charge is 2.43. The van der Waals surface area contributed by atoms with Crippen LogP contribution >= 0.6 is 0 Å². The monoisotopic (exact) mass is 238 g/mol. The highest BCUT2D eigenvalue weighted by atomic mass is 19.1. The normalized spacial score (nSPS) is 27.9. The van der Waals surface area contributed by atoms with Gasteiger partial charge in [-0.3, -0.25) is 4.79 Å². The fraction of sp³-hybridized carbons (Fsp3) is 0.462. The van der Waals surface area contributed by atoms with E-state index in [0.717, 1.165) is 0 Å². The molecule has 1 aromatic rings.